The molecule has 0 atom stereocenters. The number of nitrogens with zero attached hydrogens (tertiary/aromatic N) is 2. The zero-order valence-corrected chi connectivity index (χ0v) is 10.9. The predicted octanol–water partition coefficient (Wildman–Crippen LogP) is 2.04. The molecule has 1 saturated carbocycles. The highest BCUT2D eigenvalue weighted by atomic mass is 16.5. The second kappa shape index (κ2) is 5.40. The molecule has 19 heavy (non-hydrogen) atoms. The van der Waals surface area contributed by atoms with Crippen LogP contribution in [0.5, 0.6) is 5.75 Å². The summed E-state index contributed by atoms with van der Waals surface area (Å²) in [6.07, 6.45) is 3.34. The summed E-state index contributed by atoms with van der Waals surface area (Å²) in [6.45, 7) is 0.887. The van der Waals surface area contributed by atoms with E-state index in [0.717, 1.165) is 24.3 Å². The minimum absolute atomic E-state index is 0.513. The minimum Gasteiger partial charge on any atom is -0.496 e. The van der Waals surface area contributed by atoms with Crippen LogP contribution in [0.2, 0.25) is 0 Å². The van der Waals surface area contributed by atoms with Crippen LogP contribution in [0.15, 0.2) is 28.7 Å². The van der Waals surface area contributed by atoms with Gasteiger partial charge in [-0.2, -0.15) is 0 Å². The zero-order valence-electron chi connectivity index (χ0n) is 10.9. The van der Waals surface area contributed by atoms with Gasteiger partial charge in [0.2, 0.25) is 5.89 Å². The van der Waals surface area contributed by atoms with Crippen molar-refractivity contribution in [2.45, 2.75) is 25.3 Å². The highest BCUT2D eigenvalue weighted by Crippen LogP contribution is 2.28. The van der Waals surface area contributed by atoms with Gasteiger partial charge < -0.3 is 14.5 Å². The third kappa shape index (κ3) is 2.93. The predicted molar refractivity (Wildman–Crippen MR) is 71.0 cm³/mol. The molecule has 0 radical (unpaired) electrons. The molecule has 0 amide bonds. The van der Waals surface area contributed by atoms with Crippen molar-refractivity contribution in [3.8, 4) is 17.2 Å². The summed E-state index contributed by atoms with van der Waals surface area (Å²) >= 11 is 0. The molecule has 100 valence electrons. The standard InChI is InChI=1S/C14H17N3O2/c1-18-12-5-3-2-4-11(12)14-17-16-13(19-14)8-9-15-10-6-7-10/h2-5,10,15H,6-9H2,1H3. The SMILES string of the molecule is COc1ccccc1-c1nnc(CCNC2CC2)o1. The first-order valence-corrected chi connectivity index (χ1v) is 6.56. The second-order valence-electron chi connectivity index (χ2n) is 4.68. The van der Waals surface area contributed by atoms with E-state index in [2.05, 4.69) is 15.5 Å². The fourth-order valence-electron chi connectivity index (χ4n) is 1.96. The second-order valence-corrected chi connectivity index (χ2v) is 4.68. The first-order valence-electron chi connectivity index (χ1n) is 6.56. The van der Waals surface area contributed by atoms with Crippen molar-refractivity contribution < 1.29 is 9.15 Å². The van der Waals surface area contributed by atoms with Crippen molar-refractivity contribution in [1.82, 2.24) is 15.5 Å². The molecule has 5 nitrogen and oxygen atoms in total. The Balaban J connectivity index is 1.68. The van der Waals surface area contributed by atoms with Gasteiger partial charge in [-0.25, -0.2) is 0 Å². The van der Waals surface area contributed by atoms with E-state index in [4.69, 9.17) is 9.15 Å². The molecule has 1 aliphatic rings. The lowest BCUT2D eigenvalue weighted by Crippen LogP contribution is -2.19. The van der Waals surface area contributed by atoms with Gasteiger partial charge in [0, 0.05) is 19.0 Å². The Kier molecular flexibility index (Phi) is 3.46. The van der Waals surface area contributed by atoms with E-state index in [1.807, 2.05) is 24.3 Å². The van der Waals surface area contributed by atoms with E-state index in [0.29, 0.717) is 17.8 Å². The van der Waals surface area contributed by atoms with Gasteiger partial charge in [0.25, 0.3) is 5.89 Å². The number of hydrogen-bond acceptors (Lipinski definition) is 5. The maximum atomic E-state index is 5.67. The number of aromatic nitrogens is 2. The highest BCUT2D eigenvalue weighted by molar-refractivity contribution is 5.62. The molecule has 1 N–H and O–H groups in total. The van der Waals surface area contributed by atoms with Crippen LogP contribution >= 0.6 is 0 Å². The van der Waals surface area contributed by atoms with Gasteiger partial charge in [0.15, 0.2) is 0 Å². The van der Waals surface area contributed by atoms with Gasteiger partial charge in [-0.15, -0.1) is 10.2 Å². The monoisotopic (exact) mass is 259 g/mol. The summed E-state index contributed by atoms with van der Waals surface area (Å²) in [5.41, 5.74) is 0.832. The van der Waals surface area contributed by atoms with Crippen molar-refractivity contribution in [1.29, 1.82) is 0 Å². The number of ether oxygens (including phenoxy) is 1. The lowest BCUT2D eigenvalue weighted by molar-refractivity contribution is 0.413. The molecule has 1 aromatic carbocycles. The van der Waals surface area contributed by atoms with E-state index in [-0.39, 0.29) is 0 Å². The van der Waals surface area contributed by atoms with E-state index < -0.39 is 0 Å². The molecular formula is C14H17N3O2. The Labute approximate surface area is 112 Å². The molecule has 0 aliphatic heterocycles. The summed E-state index contributed by atoms with van der Waals surface area (Å²) in [6, 6.07) is 8.35. The third-order valence-electron chi connectivity index (χ3n) is 3.15. The molecule has 2 aromatic rings. The van der Waals surface area contributed by atoms with Crippen LogP contribution in [0.3, 0.4) is 0 Å². The van der Waals surface area contributed by atoms with E-state index >= 15 is 0 Å². The van der Waals surface area contributed by atoms with Crippen molar-refractivity contribution in [2.75, 3.05) is 13.7 Å². The molecule has 1 fully saturated rings. The molecule has 0 spiro atoms. The summed E-state index contributed by atoms with van der Waals surface area (Å²) in [5, 5.41) is 11.6. The lowest BCUT2D eigenvalue weighted by Gasteiger charge is -2.03. The van der Waals surface area contributed by atoms with E-state index in [1.54, 1.807) is 7.11 Å². The molecule has 3 rings (SSSR count). The Bertz CT molecular complexity index is 549. The third-order valence-corrected chi connectivity index (χ3v) is 3.15. The molecule has 1 aliphatic carbocycles. The van der Waals surface area contributed by atoms with Crippen LogP contribution < -0.4 is 10.1 Å². The van der Waals surface area contributed by atoms with Gasteiger partial charge in [0.1, 0.15) is 5.75 Å². The van der Waals surface area contributed by atoms with E-state index in [9.17, 15) is 0 Å². The smallest absolute Gasteiger partial charge is 0.251 e. The van der Waals surface area contributed by atoms with Crippen molar-refractivity contribution in [3.63, 3.8) is 0 Å². The van der Waals surface area contributed by atoms with Gasteiger partial charge in [-0.1, -0.05) is 12.1 Å². The van der Waals surface area contributed by atoms with Gasteiger partial charge >= 0.3 is 0 Å². The molecule has 1 heterocycles. The van der Waals surface area contributed by atoms with Gasteiger partial charge in [0.05, 0.1) is 12.7 Å². The quantitative estimate of drug-likeness (QED) is 0.860. The molecule has 0 unspecified atom stereocenters. The Morgan fingerprint density at radius 3 is 2.95 bits per heavy atom. The number of methoxy groups -OCH3 is 1. The number of rotatable bonds is 6. The normalized spacial score (nSPS) is 14.6. The average Bonchev–Trinajstić information content (AvgIpc) is 3.15. The van der Waals surface area contributed by atoms with E-state index in [1.165, 1.54) is 12.8 Å². The number of benzene rings is 1. The Hall–Kier alpha value is -1.88. The van der Waals surface area contributed by atoms with Crippen molar-refractivity contribution >= 4 is 0 Å². The largest absolute Gasteiger partial charge is 0.496 e. The van der Waals surface area contributed by atoms with Gasteiger partial charge in [-0.05, 0) is 25.0 Å². The van der Waals surface area contributed by atoms with Crippen LogP contribution in [0.1, 0.15) is 18.7 Å². The summed E-state index contributed by atoms with van der Waals surface area (Å²) in [4.78, 5) is 0. The Morgan fingerprint density at radius 1 is 1.32 bits per heavy atom. The molecule has 5 heteroatoms. The summed E-state index contributed by atoms with van der Waals surface area (Å²) in [5.74, 6) is 1.92. The molecular weight excluding hydrogens is 242 g/mol. The van der Waals surface area contributed by atoms with Crippen LogP contribution in [0, 0.1) is 0 Å². The minimum atomic E-state index is 0.513. The molecule has 0 bridgehead atoms. The van der Waals surface area contributed by atoms with Crippen LogP contribution in [0.4, 0.5) is 0 Å². The van der Waals surface area contributed by atoms with Crippen LogP contribution in [-0.2, 0) is 6.42 Å². The maximum absolute atomic E-state index is 5.67. The lowest BCUT2D eigenvalue weighted by atomic mass is 10.2. The maximum Gasteiger partial charge on any atom is 0.251 e. The number of hydrogen-bond donors (Lipinski definition) is 1. The van der Waals surface area contributed by atoms with Gasteiger partial charge in [-0.3, -0.25) is 0 Å². The molecule has 1 aromatic heterocycles. The topological polar surface area (TPSA) is 60.2 Å². The number of para-hydroxylation sites is 1. The van der Waals surface area contributed by atoms with Crippen LogP contribution in [-0.4, -0.2) is 29.9 Å². The van der Waals surface area contributed by atoms with Crippen LogP contribution in [0.25, 0.3) is 11.5 Å². The molecule has 0 saturated heterocycles. The first kappa shape index (κ1) is 12.2. The zero-order chi connectivity index (χ0) is 13.1. The first-order chi connectivity index (χ1) is 9.36. The fourth-order valence-corrected chi connectivity index (χ4v) is 1.96. The fraction of sp³-hybridized carbons (Fsp3) is 0.429. The highest BCUT2D eigenvalue weighted by Gasteiger charge is 2.20. The summed E-state index contributed by atoms with van der Waals surface area (Å²) < 4.78 is 11.0. The Morgan fingerprint density at radius 2 is 2.16 bits per heavy atom. The van der Waals surface area contributed by atoms with Crippen molar-refractivity contribution in [3.05, 3.63) is 30.2 Å². The van der Waals surface area contributed by atoms with Crippen molar-refractivity contribution in [2.24, 2.45) is 0 Å². The summed E-state index contributed by atoms with van der Waals surface area (Å²) in [7, 11) is 1.63. The number of nitrogens with one attached hydrogen (secondary N) is 1. The average molecular weight is 259 g/mol.